The number of hydrogen-bond acceptors (Lipinski definition) is 4. The Morgan fingerprint density at radius 3 is 2.64 bits per heavy atom. The van der Waals surface area contributed by atoms with Crippen LogP contribution in [0.25, 0.3) is 16.8 Å². The molecule has 0 N–H and O–H groups in total. The summed E-state index contributed by atoms with van der Waals surface area (Å²) in [6.07, 6.45) is 1.75. The summed E-state index contributed by atoms with van der Waals surface area (Å²) in [5.74, 6) is 0.439. The first-order valence-corrected chi connectivity index (χ1v) is 7.79. The van der Waals surface area contributed by atoms with Crippen molar-refractivity contribution < 1.29 is 14.3 Å². The fraction of sp³-hybridized carbons (Fsp3) is 0.176. The van der Waals surface area contributed by atoms with Gasteiger partial charge in [0.15, 0.2) is 0 Å². The minimum Gasteiger partial charge on any atom is -0.493 e. The molecule has 0 aliphatic carbocycles. The molecule has 2 amide bonds. The van der Waals surface area contributed by atoms with Crippen molar-refractivity contribution in [2.75, 3.05) is 13.7 Å². The molecule has 1 saturated heterocycles. The molecule has 3 rings (SSSR count). The number of carbonyl (C=O) groups excluding carboxylic acids is 2. The van der Waals surface area contributed by atoms with Gasteiger partial charge < -0.3 is 4.74 Å². The Balaban J connectivity index is 2.18. The molecular weight excluding hydrogens is 298 g/mol. The van der Waals surface area contributed by atoms with Crippen LogP contribution in [0.3, 0.4) is 0 Å². The lowest BCUT2D eigenvalue weighted by molar-refractivity contribution is -0.121. The van der Waals surface area contributed by atoms with Crippen molar-refractivity contribution in [2.24, 2.45) is 0 Å². The van der Waals surface area contributed by atoms with Crippen LogP contribution in [0.1, 0.15) is 12.5 Å². The molecule has 112 valence electrons. The van der Waals surface area contributed by atoms with Gasteiger partial charge in [0.1, 0.15) is 5.75 Å². The van der Waals surface area contributed by atoms with Gasteiger partial charge in [-0.2, -0.15) is 0 Å². The van der Waals surface area contributed by atoms with E-state index < -0.39 is 0 Å². The van der Waals surface area contributed by atoms with Gasteiger partial charge in [-0.15, -0.1) is 0 Å². The van der Waals surface area contributed by atoms with E-state index in [1.54, 1.807) is 6.08 Å². The maximum Gasteiger partial charge on any atom is 0.293 e. The Kier molecular flexibility index (Phi) is 3.90. The Morgan fingerprint density at radius 1 is 1.18 bits per heavy atom. The smallest absolute Gasteiger partial charge is 0.293 e. The standard InChI is InChI=1S/C17H15NO3S/c1-3-21-14-9-8-11-6-4-5-7-12(11)13(14)10-15-16(19)18(2)17(20)22-15/h4-10H,3H2,1-2H3/b15-10-. The van der Waals surface area contributed by atoms with Gasteiger partial charge in [-0.05, 0) is 41.6 Å². The summed E-state index contributed by atoms with van der Waals surface area (Å²) in [5, 5.41) is 1.80. The van der Waals surface area contributed by atoms with Gasteiger partial charge in [-0.25, -0.2) is 0 Å². The highest BCUT2D eigenvalue weighted by atomic mass is 32.2. The van der Waals surface area contributed by atoms with Gasteiger partial charge in [0.05, 0.1) is 11.5 Å². The summed E-state index contributed by atoms with van der Waals surface area (Å²) in [7, 11) is 1.49. The second kappa shape index (κ2) is 5.85. The molecule has 0 atom stereocenters. The summed E-state index contributed by atoms with van der Waals surface area (Å²) in [6.45, 7) is 2.45. The number of fused-ring (bicyclic) bond motifs is 1. The summed E-state index contributed by atoms with van der Waals surface area (Å²) in [6, 6.07) is 11.8. The van der Waals surface area contributed by atoms with Crippen molar-refractivity contribution in [3.8, 4) is 5.75 Å². The van der Waals surface area contributed by atoms with E-state index in [1.165, 1.54) is 7.05 Å². The first-order chi connectivity index (χ1) is 10.6. The minimum atomic E-state index is -0.273. The van der Waals surface area contributed by atoms with Gasteiger partial charge in [-0.3, -0.25) is 14.5 Å². The van der Waals surface area contributed by atoms with Crippen LogP contribution < -0.4 is 4.74 Å². The highest BCUT2D eigenvalue weighted by Gasteiger charge is 2.32. The SMILES string of the molecule is CCOc1ccc2ccccc2c1/C=C1\SC(=O)N(C)C1=O. The van der Waals surface area contributed by atoms with E-state index in [-0.39, 0.29) is 11.1 Å². The number of ether oxygens (including phenoxy) is 1. The van der Waals surface area contributed by atoms with Crippen LogP contribution in [0.5, 0.6) is 5.75 Å². The summed E-state index contributed by atoms with van der Waals surface area (Å²) in [5.41, 5.74) is 0.832. The van der Waals surface area contributed by atoms with E-state index in [1.807, 2.05) is 43.3 Å². The third-order valence-electron chi connectivity index (χ3n) is 3.49. The zero-order chi connectivity index (χ0) is 15.7. The first-order valence-electron chi connectivity index (χ1n) is 6.98. The third-order valence-corrected chi connectivity index (χ3v) is 4.45. The Bertz CT molecular complexity index is 798. The Labute approximate surface area is 132 Å². The molecule has 0 radical (unpaired) electrons. The number of likely N-dealkylation sites (N-methyl/N-ethyl adjacent to an activating group) is 1. The number of amides is 2. The van der Waals surface area contributed by atoms with E-state index in [2.05, 4.69) is 0 Å². The van der Waals surface area contributed by atoms with Crippen LogP contribution in [0.4, 0.5) is 4.79 Å². The van der Waals surface area contributed by atoms with Gasteiger partial charge in [0.25, 0.3) is 11.1 Å². The van der Waals surface area contributed by atoms with Crippen LogP contribution in [-0.4, -0.2) is 29.7 Å². The predicted molar refractivity (Wildman–Crippen MR) is 88.9 cm³/mol. The van der Waals surface area contributed by atoms with Crippen molar-refractivity contribution in [2.45, 2.75) is 6.92 Å². The average molecular weight is 313 g/mol. The molecule has 2 aromatic carbocycles. The molecule has 0 unspecified atom stereocenters. The molecule has 1 fully saturated rings. The fourth-order valence-electron chi connectivity index (χ4n) is 2.38. The number of hydrogen-bond donors (Lipinski definition) is 0. The molecule has 22 heavy (non-hydrogen) atoms. The Morgan fingerprint density at radius 2 is 1.95 bits per heavy atom. The van der Waals surface area contributed by atoms with E-state index >= 15 is 0 Å². The third kappa shape index (κ3) is 2.48. The number of carbonyl (C=O) groups is 2. The highest BCUT2D eigenvalue weighted by Crippen LogP contribution is 2.36. The molecule has 0 bridgehead atoms. The number of rotatable bonds is 3. The van der Waals surface area contributed by atoms with Crippen LogP contribution >= 0.6 is 11.8 Å². The minimum absolute atomic E-state index is 0.255. The second-order valence-electron chi connectivity index (χ2n) is 4.87. The van der Waals surface area contributed by atoms with Crippen molar-refractivity contribution in [1.82, 2.24) is 4.90 Å². The quantitative estimate of drug-likeness (QED) is 0.806. The Hall–Kier alpha value is -2.27. The number of nitrogens with zero attached hydrogens (tertiary/aromatic N) is 1. The molecule has 1 heterocycles. The van der Waals surface area contributed by atoms with Crippen molar-refractivity contribution in [3.05, 3.63) is 46.9 Å². The van der Waals surface area contributed by atoms with Crippen molar-refractivity contribution in [1.29, 1.82) is 0 Å². The summed E-state index contributed by atoms with van der Waals surface area (Å²) < 4.78 is 5.68. The molecule has 5 heteroatoms. The molecule has 2 aromatic rings. The van der Waals surface area contributed by atoms with Gasteiger partial charge in [0, 0.05) is 12.6 Å². The molecule has 0 saturated carbocycles. The van der Waals surface area contributed by atoms with E-state index in [0.29, 0.717) is 17.3 Å². The number of benzene rings is 2. The maximum absolute atomic E-state index is 12.1. The summed E-state index contributed by atoms with van der Waals surface area (Å²) in [4.78, 5) is 25.3. The number of thioether (sulfide) groups is 1. The molecule has 1 aliphatic rings. The van der Waals surface area contributed by atoms with Crippen LogP contribution in [-0.2, 0) is 4.79 Å². The zero-order valence-electron chi connectivity index (χ0n) is 12.3. The average Bonchev–Trinajstić information content (AvgIpc) is 2.77. The lowest BCUT2D eigenvalue weighted by Gasteiger charge is -2.11. The maximum atomic E-state index is 12.1. The monoisotopic (exact) mass is 313 g/mol. The molecule has 0 spiro atoms. The van der Waals surface area contributed by atoms with Crippen LogP contribution in [0, 0.1) is 0 Å². The lowest BCUT2D eigenvalue weighted by Crippen LogP contribution is -2.22. The molecule has 0 aromatic heterocycles. The van der Waals surface area contributed by atoms with Crippen LogP contribution in [0.2, 0.25) is 0 Å². The van der Waals surface area contributed by atoms with Crippen molar-refractivity contribution >= 4 is 39.8 Å². The zero-order valence-corrected chi connectivity index (χ0v) is 13.1. The van der Waals surface area contributed by atoms with E-state index in [0.717, 1.165) is 33.0 Å². The predicted octanol–water partition coefficient (Wildman–Crippen LogP) is 3.90. The largest absolute Gasteiger partial charge is 0.493 e. The van der Waals surface area contributed by atoms with Crippen molar-refractivity contribution in [3.63, 3.8) is 0 Å². The highest BCUT2D eigenvalue weighted by molar-refractivity contribution is 8.18. The first kappa shape index (κ1) is 14.7. The van der Waals surface area contributed by atoms with Crippen LogP contribution in [0.15, 0.2) is 41.3 Å². The lowest BCUT2D eigenvalue weighted by atomic mass is 10.0. The second-order valence-corrected chi connectivity index (χ2v) is 5.87. The topological polar surface area (TPSA) is 46.6 Å². The van der Waals surface area contributed by atoms with E-state index in [9.17, 15) is 9.59 Å². The van der Waals surface area contributed by atoms with Gasteiger partial charge in [-0.1, -0.05) is 30.3 Å². The molecule has 1 aliphatic heterocycles. The van der Waals surface area contributed by atoms with Gasteiger partial charge >= 0.3 is 0 Å². The molecule has 4 nitrogen and oxygen atoms in total. The summed E-state index contributed by atoms with van der Waals surface area (Å²) >= 11 is 0.955. The van der Waals surface area contributed by atoms with Gasteiger partial charge in [0.2, 0.25) is 0 Å². The normalized spacial score (nSPS) is 16.8. The van der Waals surface area contributed by atoms with E-state index in [4.69, 9.17) is 4.74 Å². The fourth-order valence-corrected chi connectivity index (χ4v) is 3.19. The molecular formula is C17H15NO3S. The number of imide groups is 1.